The molecule has 0 atom stereocenters. The van der Waals surface area contributed by atoms with Gasteiger partial charge in [-0.15, -0.1) is 0 Å². The number of carbonyl (C=O) groups excluding carboxylic acids is 2. The molecule has 1 saturated heterocycles. The van der Waals surface area contributed by atoms with Crippen molar-refractivity contribution < 1.29 is 9.59 Å². The van der Waals surface area contributed by atoms with Crippen LogP contribution in [0, 0.1) is 5.92 Å². The zero-order valence-electron chi connectivity index (χ0n) is 10.6. The minimum Gasteiger partial charge on any atom is -0.369 e. The van der Waals surface area contributed by atoms with E-state index in [1.165, 1.54) is 0 Å². The molecule has 0 spiro atoms. The van der Waals surface area contributed by atoms with Gasteiger partial charge in [0.05, 0.1) is 0 Å². The van der Waals surface area contributed by atoms with E-state index in [2.05, 4.69) is 0 Å². The first-order chi connectivity index (χ1) is 8.00. The summed E-state index contributed by atoms with van der Waals surface area (Å²) in [6.07, 6.45) is 4.82. The highest BCUT2D eigenvalue weighted by molar-refractivity contribution is 5.88. The summed E-state index contributed by atoms with van der Waals surface area (Å²) in [4.78, 5) is 26.5. The topological polar surface area (TPSA) is 66.6 Å². The number of nitrogens with two attached hydrogens (primary N) is 1. The van der Waals surface area contributed by atoms with Crippen molar-refractivity contribution in [2.75, 3.05) is 33.7 Å². The number of primary amides is 1. The number of carbonyl (C=O) groups is 2. The second-order valence-corrected chi connectivity index (χ2v) is 4.67. The third kappa shape index (κ3) is 4.56. The normalized spacial score (nSPS) is 17.9. The summed E-state index contributed by atoms with van der Waals surface area (Å²) < 4.78 is 0. The third-order valence-electron chi connectivity index (χ3n) is 2.94. The quantitative estimate of drug-likeness (QED) is 0.693. The maximum Gasteiger partial charge on any atom is 0.246 e. The lowest BCUT2D eigenvalue weighted by molar-refractivity contribution is -0.130. The van der Waals surface area contributed by atoms with Crippen LogP contribution in [0.15, 0.2) is 12.2 Å². The number of amides is 2. The fourth-order valence-corrected chi connectivity index (χ4v) is 1.85. The highest BCUT2D eigenvalue weighted by atomic mass is 16.2. The predicted molar refractivity (Wildman–Crippen MR) is 66.2 cm³/mol. The Morgan fingerprint density at radius 2 is 1.94 bits per heavy atom. The van der Waals surface area contributed by atoms with Gasteiger partial charge in [-0.1, -0.05) is 6.08 Å². The molecule has 0 bridgehead atoms. The second-order valence-electron chi connectivity index (χ2n) is 4.67. The molecule has 0 aromatic rings. The Balaban J connectivity index is 2.35. The van der Waals surface area contributed by atoms with Gasteiger partial charge in [0.2, 0.25) is 11.8 Å². The lowest BCUT2D eigenvalue weighted by Gasteiger charge is -2.29. The lowest BCUT2D eigenvalue weighted by Crippen LogP contribution is -2.41. The van der Waals surface area contributed by atoms with Crippen molar-refractivity contribution in [2.24, 2.45) is 11.7 Å². The van der Waals surface area contributed by atoms with Crippen LogP contribution in [-0.2, 0) is 9.59 Å². The van der Waals surface area contributed by atoms with Gasteiger partial charge in [0, 0.05) is 31.6 Å². The number of rotatable bonds is 4. The summed E-state index contributed by atoms with van der Waals surface area (Å²) >= 11 is 0. The van der Waals surface area contributed by atoms with Gasteiger partial charge in [0.25, 0.3) is 0 Å². The summed E-state index contributed by atoms with van der Waals surface area (Å²) in [5, 5.41) is 0. The molecule has 1 aliphatic rings. The van der Waals surface area contributed by atoms with Gasteiger partial charge in [0.15, 0.2) is 0 Å². The van der Waals surface area contributed by atoms with Crippen LogP contribution in [0.1, 0.15) is 12.8 Å². The van der Waals surface area contributed by atoms with E-state index in [-0.39, 0.29) is 17.7 Å². The van der Waals surface area contributed by atoms with Crippen molar-refractivity contribution in [3.63, 3.8) is 0 Å². The van der Waals surface area contributed by atoms with Crippen molar-refractivity contribution in [1.82, 2.24) is 9.80 Å². The highest BCUT2D eigenvalue weighted by Crippen LogP contribution is 2.16. The molecule has 1 rings (SSSR count). The third-order valence-corrected chi connectivity index (χ3v) is 2.94. The number of piperidine rings is 1. The molecule has 0 radical (unpaired) electrons. The zero-order chi connectivity index (χ0) is 12.8. The first-order valence-corrected chi connectivity index (χ1v) is 5.90. The Hall–Kier alpha value is -1.36. The van der Waals surface area contributed by atoms with Crippen LogP contribution in [0.25, 0.3) is 0 Å². The van der Waals surface area contributed by atoms with E-state index < -0.39 is 0 Å². The summed E-state index contributed by atoms with van der Waals surface area (Å²) in [6.45, 7) is 2.00. The van der Waals surface area contributed by atoms with Gasteiger partial charge in [-0.3, -0.25) is 9.59 Å². The van der Waals surface area contributed by atoms with E-state index in [0.29, 0.717) is 25.9 Å². The zero-order valence-corrected chi connectivity index (χ0v) is 10.6. The number of likely N-dealkylation sites (N-methyl/N-ethyl adjacent to an activating group) is 1. The van der Waals surface area contributed by atoms with Gasteiger partial charge in [-0.2, -0.15) is 0 Å². The molecule has 0 aliphatic carbocycles. The van der Waals surface area contributed by atoms with E-state index in [1.807, 2.05) is 25.1 Å². The molecule has 0 aromatic heterocycles. The van der Waals surface area contributed by atoms with Crippen LogP contribution in [0.4, 0.5) is 0 Å². The Labute approximate surface area is 102 Å². The molecule has 5 heteroatoms. The van der Waals surface area contributed by atoms with Gasteiger partial charge in [-0.25, -0.2) is 0 Å². The average Bonchev–Trinajstić information content (AvgIpc) is 2.28. The molecule has 5 nitrogen and oxygen atoms in total. The predicted octanol–water partition coefficient (Wildman–Crippen LogP) is -0.172. The summed E-state index contributed by atoms with van der Waals surface area (Å²) in [7, 11) is 3.90. The van der Waals surface area contributed by atoms with Gasteiger partial charge in [0.1, 0.15) is 0 Å². The first kappa shape index (κ1) is 13.7. The van der Waals surface area contributed by atoms with Crippen molar-refractivity contribution in [3.8, 4) is 0 Å². The van der Waals surface area contributed by atoms with Crippen molar-refractivity contribution >= 4 is 11.8 Å². The molecule has 0 saturated carbocycles. The second kappa shape index (κ2) is 6.39. The molecule has 0 aromatic carbocycles. The Bertz CT molecular complexity index is 305. The first-order valence-electron chi connectivity index (χ1n) is 5.90. The molecule has 0 unspecified atom stereocenters. The van der Waals surface area contributed by atoms with Gasteiger partial charge >= 0.3 is 0 Å². The van der Waals surface area contributed by atoms with Crippen LogP contribution in [0.3, 0.4) is 0 Å². The van der Waals surface area contributed by atoms with Crippen LogP contribution < -0.4 is 5.73 Å². The van der Waals surface area contributed by atoms with E-state index in [1.54, 1.807) is 11.0 Å². The van der Waals surface area contributed by atoms with E-state index in [0.717, 1.165) is 6.54 Å². The summed E-state index contributed by atoms with van der Waals surface area (Å²) in [6, 6.07) is 0. The number of nitrogens with zero attached hydrogens (tertiary/aromatic N) is 2. The van der Waals surface area contributed by atoms with E-state index in [9.17, 15) is 9.59 Å². The van der Waals surface area contributed by atoms with Crippen LogP contribution in [-0.4, -0.2) is 55.3 Å². The Morgan fingerprint density at radius 1 is 1.35 bits per heavy atom. The molecular weight excluding hydrogens is 218 g/mol. The van der Waals surface area contributed by atoms with Crippen molar-refractivity contribution in [3.05, 3.63) is 12.2 Å². The highest BCUT2D eigenvalue weighted by Gasteiger charge is 2.24. The van der Waals surface area contributed by atoms with Gasteiger partial charge in [-0.05, 0) is 26.9 Å². The van der Waals surface area contributed by atoms with Crippen LogP contribution in [0.2, 0.25) is 0 Å². The van der Waals surface area contributed by atoms with Gasteiger partial charge < -0.3 is 15.5 Å². The summed E-state index contributed by atoms with van der Waals surface area (Å²) in [5.74, 6) is -0.292. The maximum atomic E-state index is 11.8. The fraction of sp³-hybridized carbons (Fsp3) is 0.667. The molecule has 1 fully saturated rings. The van der Waals surface area contributed by atoms with Crippen LogP contribution in [0.5, 0.6) is 0 Å². The Kier molecular flexibility index (Phi) is 5.15. The summed E-state index contributed by atoms with van der Waals surface area (Å²) in [5.41, 5.74) is 5.24. The number of hydrogen-bond acceptors (Lipinski definition) is 3. The lowest BCUT2D eigenvalue weighted by atomic mass is 9.96. The monoisotopic (exact) mass is 239 g/mol. The molecule has 96 valence electrons. The number of hydrogen-bond donors (Lipinski definition) is 1. The van der Waals surface area contributed by atoms with Crippen molar-refractivity contribution in [2.45, 2.75) is 12.8 Å². The van der Waals surface area contributed by atoms with Crippen LogP contribution >= 0.6 is 0 Å². The Morgan fingerprint density at radius 3 is 2.41 bits per heavy atom. The molecule has 2 N–H and O–H groups in total. The molecular formula is C12H21N3O2. The minimum absolute atomic E-state index is 0.0229. The SMILES string of the molecule is CN(C)CC=CC(=O)N1CCC(C(N)=O)CC1. The van der Waals surface area contributed by atoms with E-state index in [4.69, 9.17) is 5.73 Å². The molecule has 2 amide bonds. The molecule has 1 aliphatic heterocycles. The average molecular weight is 239 g/mol. The fourth-order valence-electron chi connectivity index (χ4n) is 1.85. The minimum atomic E-state index is -0.250. The molecule has 1 heterocycles. The smallest absolute Gasteiger partial charge is 0.246 e. The standard InChI is InChI=1S/C12H21N3O2/c1-14(2)7-3-4-11(16)15-8-5-10(6-9-15)12(13)17/h3-4,10H,5-9H2,1-2H3,(H2,13,17). The largest absolute Gasteiger partial charge is 0.369 e. The van der Waals surface area contributed by atoms with Crippen molar-refractivity contribution in [1.29, 1.82) is 0 Å². The maximum absolute atomic E-state index is 11.8. The number of likely N-dealkylation sites (tertiary alicyclic amines) is 1. The van der Waals surface area contributed by atoms with E-state index >= 15 is 0 Å². The molecule has 17 heavy (non-hydrogen) atoms.